The van der Waals surface area contributed by atoms with Crippen molar-refractivity contribution < 1.29 is 14.3 Å². The van der Waals surface area contributed by atoms with E-state index in [4.69, 9.17) is 32.7 Å². The largest absolute Gasteiger partial charge is 0.486 e. The molecule has 1 aliphatic carbocycles. The van der Waals surface area contributed by atoms with Crippen LogP contribution in [0.1, 0.15) is 36.6 Å². The molecule has 1 atom stereocenters. The third-order valence-electron chi connectivity index (χ3n) is 3.84. The predicted molar refractivity (Wildman–Crippen MR) is 81.4 cm³/mol. The number of alkyl halides is 1. The molecule has 4 nitrogen and oxygen atoms in total. The van der Waals surface area contributed by atoms with Gasteiger partial charge in [0.1, 0.15) is 18.6 Å². The number of benzene rings is 1. The fourth-order valence-corrected chi connectivity index (χ4v) is 3.24. The summed E-state index contributed by atoms with van der Waals surface area (Å²) in [6.07, 6.45) is 4.37. The molecule has 114 valence electrons. The van der Waals surface area contributed by atoms with Gasteiger partial charge < -0.3 is 14.8 Å². The van der Waals surface area contributed by atoms with Crippen LogP contribution in [0, 0.1) is 0 Å². The number of hydrogen-bond donors (Lipinski definition) is 1. The molecule has 0 aromatic heterocycles. The molecule has 0 bridgehead atoms. The lowest BCUT2D eigenvalue weighted by Crippen LogP contribution is -2.35. The minimum absolute atomic E-state index is 0.184. The van der Waals surface area contributed by atoms with Crippen LogP contribution in [0.2, 0.25) is 5.02 Å². The van der Waals surface area contributed by atoms with Crippen molar-refractivity contribution in [2.45, 2.75) is 37.1 Å². The van der Waals surface area contributed by atoms with Crippen molar-refractivity contribution in [3.05, 3.63) is 22.7 Å². The Labute approximate surface area is 133 Å². The van der Waals surface area contributed by atoms with Gasteiger partial charge in [0.25, 0.3) is 0 Å². The molecule has 6 heteroatoms. The third-order valence-corrected chi connectivity index (χ3v) is 4.57. The maximum Gasteiger partial charge on any atom is 0.242 e. The lowest BCUT2D eigenvalue weighted by atomic mass is 10.1. The molecular weight excluding hydrogens is 313 g/mol. The van der Waals surface area contributed by atoms with Crippen molar-refractivity contribution in [1.29, 1.82) is 0 Å². The van der Waals surface area contributed by atoms with E-state index in [0.29, 0.717) is 35.3 Å². The lowest BCUT2D eigenvalue weighted by molar-refractivity contribution is -0.121. The molecule has 2 aliphatic rings. The smallest absolute Gasteiger partial charge is 0.242 e. The molecule has 0 spiro atoms. The zero-order valence-corrected chi connectivity index (χ0v) is 13.0. The first-order chi connectivity index (χ1) is 10.1. The number of nitrogens with one attached hydrogen (secondary N) is 1. The van der Waals surface area contributed by atoms with E-state index < -0.39 is 5.38 Å². The highest BCUT2D eigenvalue weighted by atomic mass is 35.5. The van der Waals surface area contributed by atoms with E-state index in [1.54, 1.807) is 12.1 Å². The topological polar surface area (TPSA) is 47.6 Å². The van der Waals surface area contributed by atoms with Crippen LogP contribution in [0.15, 0.2) is 12.1 Å². The molecule has 1 N–H and O–H groups in total. The molecule has 0 saturated heterocycles. The van der Waals surface area contributed by atoms with E-state index in [1.165, 1.54) is 0 Å². The summed E-state index contributed by atoms with van der Waals surface area (Å²) in [6, 6.07) is 3.64. The van der Waals surface area contributed by atoms with Gasteiger partial charge in [-0.25, -0.2) is 0 Å². The molecule has 3 rings (SSSR count). The zero-order chi connectivity index (χ0) is 14.8. The van der Waals surface area contributed by atoms with Gasteiger partial charge in [0.2, 0.25) is 5.91 Å². The molecule has 1 fully saturated rings. The van der Waals surface area contributed by atoms with Gasteiger partial charge >= 0.3 is 0 Å². The number of amides is 1. The highest BCUT2D eigenvalue weighted by Crippen LogP contribution is 2.40. The number of carbonyl (C=O) groups excluding carboxylic acids is 1. The van der Waals surface area contributed by atoms with Gasteiger partial charge in [-0.15, -0.1) is 11.6 Å². The van der Waals surface area contributed by atoms with E-state index in [2.05, 4.69) is 5.32 Å². The van der Waals surface area contributed by atoms with Crippen LogP contribution in [-0.2, 0) is 4.79 Å². The zero-order valence-electron chi connectivity index (χ0n) is 11.5. The van der Waals surface area contributed by atoms with Gasteiger partial charge in [0.15, 0.2) is 11.5 Å². The third kappa shape index (κ3) is 3.22. The summed E-state index contributed by atoms with van der Waals surface area (Å²) in [4.78, 5) is 12.2. The van der Waals surface area contributed by atoms with E-state index in [-0.39, 0.29) is 11.9 Å². The molecule has 1 heterocycles. The van der Waals surface area contributed by atoms with E-state index in [1.807, 2.05) is 0 Å². The summed E-state index contributed by atoms with van der Waals surface area (Å²) in [5.41, 5.74) is 0.626. The van der Waals surface area contributed by atoms with Gasteiger partial charge in [0.05, 0.1) is 5.02 Å². The maximum absolute atomic E-state index is 12.2. The van der Waals surface area contributed by atoms with Crippen LogP contribution >= 0.6 is 23.2 Å². The van der Waals surface area contributed by atoms with Crippen molar-refractivity contribution >= 4 is 29.1 Å². The molecular formula is C15H17Cl2NO3. The Bertz CT molecular complexity index is 544. The molecule has 21 heavy (non-hydrogen) atoms. The van der Waals surface area contributed by atoms with Gasteiger partial charge in [-0.1, -0.05) is 24.4 Å². The average molecular weight is 330 g/mol. The van der Waals surface area contributed by atoms with Gasteiger partial charge in [-0.2, -0.15) is 0 Å². The molecule has 1 amide bonds. The Morgan fingerprint density at radius 1 is 1.24 bits per heavy atom. The van der Waals surface area contributed by atoms with E-state index in [9.17, 15) is 4.79 Å². The highest BCUT2D eigenvalue weighted by molar-refractivity contribution is 6.33. The van der Waals surface area contributed by atoms with E-state index >= 15 is 0 Å². The van der Waals surface area contributed by atoms with E-state index in [0.717, 1.165) is 25.7 Å². The molecule has 1 saturated carbocycles. The Morgan fingerprint density at radius 2 is 1.95 bits per heavy atom. The van der Waals surface area contributed by atoms with Crippen LogP contribution in [0.25, 0.3) is 0 Å². The van der Waals surface area contributed by atoms with Crippen molar-refractivity contribution in [2.75, 3.05) is 13.2 Å². The number of ether oxygens (including phenoxy) is 2. The summed E-state index contributed by atoms with van der Waals surface area (Å²) in [5.74, 6) is 0.881. The van der Waals surface area contributed by atoms with Gasteiger partial charge in [-0.05, 0) is 30.5 Å². The second kappa shape index (κ2) is 6.32. The number of fused-ring (bicyclic) bond motifs is 1. The Kier molecular flexibility index (Phi) is 4.45. The summed E-state index contributed by atoms with van der Waals surface area (Å²) in [7, 11) is 0. The van der Waals surface area contributed by atoms with Crippen LogP contribution in [0.3, 0.4) is 0 Å². The minimum atomic E-state index is -0.779. The van der Waals surface area contributed by atoms with Crippen molar-refractivity contribution in [1.82, 2.24) is 5.32 Å². The quantitative estimate of drug-likeness (QED) is 0.864. The molecule has 1 aliphatic heterocycles. The second-order valence-electron chi connectivity index (χ2n) is 5.38. The molecule has 0 radical (unpaired) electrons. The SMILES string of the molecule is O=C(NC1CCCC1)C(Cl)c1cc(Cl)c2c(c1)OCCO2. The van der Waals surface area contributed by atoms with Crippen molar-refractivity contribution in [3.63, 3.8) is 0 Å². The summed E-state index contributed by atoms with van der Waals surface area (Å²) in [6.45, 7) is 0.937. The Hall–Kier alpha value is -1.13. The van der Waals surface area contributed by atoms with Crippen LogP contribution in [0.5, 0.6) is 11.5 Å². The van der Waals surface area contributed by atoms with Gasteiger partial charge in [0, 0.05) is 6.04 Å². The summed E-state index contributed by atoms with van der Waals surface area (Å²) < 4.78 is 11.0. The first-order valence-corrected chi connectivity index (χ1v) is 8.00. The van der Waals surface area contributed by atoms with Crippen molar-refractivity contribution in [2.24, 2.45) is 0 Å². The molecule has 1 aromatic rings. The van der Waals surface area contributed by atoms with Crippen LogP contribution in [-0.4, -0.2) is 25.2 Å². The number of rotatable bonds is 3. The molecule has 1 aromatic carbocycles. The summed E-state index contributed by atoms with van der Waals surface area (Å²) in [5, 5.41) is 2.63. The normalized spacial score (nSPS) is 19.3. The Balaban J connectivity index is 1.75. The first kappa shape index (κ1) is 14.8. The number of halogens is 2. The fraction of sp³-hybridized carbons (Fsp3) is 0.533. The number of carbonyl (C=O) groups is 1. The maximum atomic E-state index is 12.2. The van der Waals surface area contributed by atoms with Crippen LogP contribution in [0.4, 0.5) is 0 Å². The van der Waals surface area contributed by atoms with Gasteiger partial charge in [-0.3, -0.25) is 4.79 Å². The molecule has 1 unspecified atom stereocenters. The number of hydrogen-bond acceptors (Lipinski definition) is 3. The second-order valence-corrected chi connectivity index (χ2v) is 6.22. The summed E-state index contributed by atoms with van der Waals surface area (Å²) >= 11 is 12.5. The first-order valence-electron chi connectivity index (χ1n) is 7.18. The van der Waals surface area contributed by atoms with Crippen molar-refractivity contribution in [3.8, 4) is 11.5 Å². The average Bonchev–Trinajstić information content (AvgIpc) is 2.99. The highest BCUT2D eigenvalue weighted by Gasteiger charge is 2.26. The lowest BCUT2D eigenvalue weighted by Gasteiger charge is -2.21. The fourth-order valence-electron chi connectivity index (χ4n) is 2.77. The standard InChI is InChI=1S/C15H17Cl2NO3/c16-11-7-9(8-12-14(11)21-6-5-20-12)13(17)15(19)18-10-3-1-2-4-10/h7-8,10,13H,1-6H2,(H,18,19). The van der Waals surface area contributed by atoms with Crippen LogP contribution < -0.4 is 14.8 Å². The minimum Gasteiger partial charge on any atom is -0.486 e. The predicted octanol–water partition coefficient (Wildman–Crippen LogP) is 3.45. The monoisotopic (exact) mass is 329 g/mol. The Morgan fingerprint density at radius 3 is 2.71 bits per heavy atom.